The van der Waals surface area contributed by atoms with Crippen molar-refractivity contribution in [3.8, 4) is 17.4 Å². The minimum atomic E-state index is -0.505. The third kappa shape index (κ3) is 5.16. The van der Waals surface area contributed by atoms with Crippen LogP contribution in [0.5, 0.6) is 0 Å². The second-order valence-electron chi connectivity index (χ2n) is 9.32. The van der Waals surface area contributed by atoms with Crippen LogP contribution < -0.4 is 10.6 Å². The monoisotopic (exact) mass is 531 g/mol. The Kier molecular flexibility index (Phi) is 7.07. The Balaban J connectivity index is 1.46. The molecular formula is C25H23Cl2N3O2S2. The van der Waals surface area contributed by atoms with Gasteiger partial charge in [0.1, 0.15) is 16.8 Å². The lowest BCUT2D eigenvalue weighted by atomic mass is 9.72. The number of benzene rings is 1. The van der Waals surface area contributed by atoms with Crippen molar-refractivity contribution in [1.29, 1.82) is 5.26 Å². The van der Waals surface area contributed by atoms with Gasteiger partial charge in [-0.2, -0.15) is 5.26 Å². The molecule has 1 atom stereocenters. The summed E-state index contributed by atoms with van der Waals surface area (Å²) in [5.74, 6) is 0.553. The average molecular weight is 533 g/mol. The highest BCUT2D eigenvalue weighted by Gasteiger charge is 2.32. The molecular weight excluding hydrogens is 509 g/mol. The molecule has 4 rings (SSSR count). The van der Waals surface area contributed by atoms with Crippen LogP contribution in [0.1, 0.15) is 53.8 Å². The highest BCUT2D eigenvalue weighted by Crippen LogP contribution is 2.44. The summed E-state index contributed by atoms with van der Waals surface area (Å²) in [5, 5.41) is 17.2. The number of nitriles is 1. The Hall–Kier alpha value is -2.37. The maximum absolute atomic E-state index is 12.7. The lowest BCUT2D eigenvalue weighted by Crippen LogP contribution is -2.33. The van der Waals surface area contributed by atoms with E-state index in [9.17, 15) is 10.1 Å². The number of anilines is 1. The summed E-state index contributed by atoms with van der Waals surface area (Å²) >= 11 is 19.2. The number of thiophene rings is 1. The van der Waals surface area contributed by atoms with Crippen LogP contribution in [0, 0.1) is 22.7 Å². The predicted octanol–water partition coefficient (Wildman–Crippen LogP) is 7.46. The normalized spacial score (nSPS) is 15.4. The molecule has 176 valence electrons. The molecule has 9 heteroatoms. The van der Waals surface area contributed by atoms with Crippen LogP contribution in [0.4, 0.5) is 5.00 Å². The first-order valence-electron chi connectivity index (χ1n) is 10.8. The summed E-state index contributed by atoms with van der Waals surface area (Å²) in [6.45, 7) is 6.77. The molecule has 0 radical (unpaired) electrons. The van der Waals surface area contributed by atoms with Gasteiger partial charge in [-0.3, -0.25) is 10.1 Å². The molecule has 0 spiro atoms. The molecule has 0 fully saturated rings. The van der Waals surface area contributed by atoms with Crippen molar-refractivity contribution < 1.29 is 9.21 Å². The second kappa shape index (κ2) is 9.71. The third-order valence-electron chi connectivity index (χ3n) is 6.08. The summed E-state index contributed by atoms with van der Waals surface area (Å²) < 4.78 is 5.68. The first-order chi connectivity index (χ1) is 16.1. The quantitative estimate of drug-likeness (QED) is 0.342. The molecule has 1 aliphatic rings. The molecule has 2 aromatic heterocycles. The number of carbonyl (C=O) groups excluding carboxylic acids is 1. The standard InChI is InChI=1S/C25H23Cl2N3O2S2/c1-25(2,3)13-4-6-15-17(12-28)23(34-21(15)10-13)30-24(33)29-22(31)20-9-8-19(32-20)16-11-14(26)5-7-18(16)27/h5,7-9,11,13H,4,6,10H2,1-3H3,(H2,29,30,31,33)/t13-/m1/s1. The van der Waals surface area contributed by atoms with E-state index in [1.54, 1.807) is 30.3 Å². The predicted molar refractivity (Wildman–Crippen MR) is 142 cm³/mol. The van der Waals surface area contributed by atoms with Gasteiger partial charge in [0.15, 0.2) is 10.9 Å². The van der Waals surface area contributed by atoms with Gasteiger partial charge in [0.05, 0.1) is 10.6 Å². The van der Waals surface area contributed by atoms with E-state index in [2.05, 4.69) is 37.5 Å². The molecule has 0 saturated carbocycles. The maximum atomic E-state index is 12.7. The molecule has 34 heavy (non-hydrogen) atoms. The fraction of sp³-hybridized carbons (Fsp3) is 0.320. The van der Waals surface area contributed by atoms with E-state index < -0.39 is 5.91 Å². The van der Waals surface area contributed by atoms with Gasteiger partial charge >= 0.3 is 0 Å². The fourth-order valence-electron chi connectivity index (χ4n) is 4.12. The summed E-state index contributed by atoms with van der Waals surface area (Å²) in [6, 6.07) is 10.5. The zero-order valence-electron chi connectivity index (χ0n) is 18.9. The topological polar surface area (TPSA) is 78.1 Å². The molecule has 1 amide bonds. The van der Waals surface area contributed by atoms with Gasteiger partial charge in [0, 0.05) is 15.5 Å². The molecule has 2 N–H and O–H groups in total. The lowest BCUT2D eigenvalue weighted by Gasteiger charge is -2.33. The number of fused-ring (bicyclic) bond motifs is 1. The Morgan fingerprint density at radius 1 is 1.26 bits per heavy atom. The number of nitrogens with one attached hydrogen (secondary N) is 2. The van der Waals surface area contributed by atoms with Gasteiger partial charge < -0.3 is 9.73 Å². The third-order valence-corrected chi connectivity index (χ3v) is 8.02. The van der Waals surface area contributed by atoms with E-state index in [1.165, 1.54) is 16.2 Å². The smallest absolute Gasteiger partial charge is 0.293 e. The minimum absolute atomic E-state index is 0.0780. The molecule has 5 nitrogen and oxygen atoms in total. The average Bonchev–Trinajstić information content (AvgIpc) is 3.38. The van der Waals surface area contributed by atoms with Crippen molar-refractivity contribution in [3.63, 3.8) is 0 Å². The fourth-order valence-corrected chi connectivity index (χ4v) is 6.05. The highest BCUT2D eigenvalue weighted by molar-refractivity contribution is 7.80. The molecule has 0 unspecified atom stereocenters. The minimum Gasteiger partial charge on any atom is -0.451 e. The van der Waals surface area contributed by atoms with Crippen LogP contribution in [0.15, 0.2) is 34.7 Å². The SMILES string of the molecule is CC(C)(C)[C@@H]1CCc2c(sc(NC(=S)NC(=O)c3ccc(-c4cc(Cl)ccc4Cl)o3)c2C#N)C1. The summed E-state index contributed by atoms with van der Waals surface area (Å²) in [4.78, 5) is 13.9. The summed E-state index contributed by atoms with van der Waals surface area (Å²) in [5.41, 5.74) is 2.51. The number of nitrogens with zero attached hydrogens (tertiary/aromatic N) is 1. The van der Waals surface area contributed by atoms with E-state index in [1.807, 2.05) is 0 Å². The number of amides is 1. The first-order valence-corrected chi connectivity index (χ1v) is 12.8. The molecule has 0 saturated heterocycles. The van der Waals surface area contributed by atoms with E-state index in [0.29, 0.717) is 37.9 Å². The first kappa shape index (κ1) is 24.7. The molecule has 1 aliphatic carbocycles. The van der Waals surface area contributed by atoms with Crippen molar-refractivity contribution in [2.24, 2.45) is 11.3 Å². The number of hydrogen-bond acceptors (Lipinski definition) is 5. The molecule has 3 aromatic rings. The second-order valence-corrected chi connectivity index (χ2v) is 11.7. The van der Waals surface area contributed by atoms with Gasteiger partial charge in [0.25, 0.3) is 5.91 Å². The number of halogens is 2. The number of furan rings is 1. The van der Waals surface area contributed by atoms with Crippen molar-refractivity contribution in [1.82, 2.24) is 5.32 Å². The Labute approximate surface area is 218 Å². The molecule has 0 aliphatic heterocycles. The van der Waals surface area contributed by atoms with Crippen molar-refractivity contribution in [2.45, 2.75) is 40.0 Å². The summed E-state index contributed by atoms with van der Waals surface area (Å²) in [7, 11) is 0. The van der Waals surface area contributed by atoms with Crippen LogP contribution in [0.3, 0.4) is 0 Å². The zero-order chi connectivity index (χ0) is 24.6. The van der Waals surface area contributed by atoms with Crippen LogP contribution in [-0.2, 0) is 12.8 Å². The zero-order valence-corrected chi connectivity index (χ0v) is 22.1. The number of carbonyl (C=O) groups is 1. The van der Waals surface area contributed by atoms with E-state index in [0.717, 1.165) is 24.8 Å². The molecule has 2 heterocycles. The Bertz CT molecular complexity index is 1310. The van der Waals surface area contributed by atoms with Gasteiger partial charge in [-0.05, 0) is 78.7 Å². The van der Waals surface area contributed by atoms with Gasteiger partial charge in [-0.15, -0.1) is 11.3 Å². The molecule has 1 aromatic carbocycles. The molecule has 0 bridgehead atoms. The maximum Gasteiger partial charge on any atom is 0.293 e. The van der Waals surface area contributed by atoms with Crippen molar-refractivity contribution in [3.05, 3.63) is 62.1 Å². The van der Waals surface area contributed by atoms with Crippen LogP contribution in [0.25, 0.3) is 11.3 Å². The number of rotatable bonds is 3. The highest BCUT2D eigenvalue weighted by atomic mass is 35.5. The lowest BCUT2D eigenvalue weighted by molar-refractivity contribution is 0.0951. The Morgan fingerprint density at radius 3 is 2.74 bits per heavy atom. The van der Waals surface area contributed by atoms with Gasteiger partial charge in [0.2, 0.25) is 0 Å². The number of hydrogen-bond donors (Lipinski definition) is 2. The number of thiocarbonyl (C=S) groups is 1. The van der Waals surface area contributed by atoms with Crippen LogP contribution in [0.2, 0.25) is 10.0 Å². The van der Waals surface area contributed by atoms with E-state index in [4.69, 9.17) is 39.8 Å². The van der Waals surface area contributed by atoms with E-state index in [-0.39, 0.29) is 16.3 Å². The van der Waals surface area contributed by atoms with Gasteiger partial charge in [-0.1, -0.05) is 44.0 Å². The van der Waals surface area contributed by atoms with Crippen LogP contribution >= 0.6 is 46.8 Å². The van der Waals surface area contributed by atoms with Crippen molar-refractivity contribution in [2.75, 3.05) is 5.32 Å². The largest absolute Gasteiger partial charge is 0.451 e. The van der Waals surface area contributed by atoms with Crippen molar-refractivity contribution >= 4 is 62.8 Å². The summed E-state index contributed by atoms with van der Waals surface area (Å²) in [6.07, 6.45) is 2.87. The van der Waals surface area contributed by atoms with Gasteiger partial charge in [-0.25, -0.2) is 0 Å². The Morgan fingerprint density at radius 2 is 2.03 bits per heavy atom. The van der Waals surface area contributed by atoms with E-state index >= 15 is 0 Å². The van der Waals surface area contributed by atoms with Crippen LogP contribution in [-0.4, -0.2) is 11.0 Å².